The first-order valence-corrected chi connectivity index (χ1v) is 12.5. The van der Waals surface area contributed by atoms with Crippen molar-refractivity contribution in [1.29, 1.82) is 0 Å². The molecule has 9 nitrogen and oxygen atoms in total. The van der Waals surface area contributed by atoms with E-state index >= 15 is 0 Å². The lowest BCUT2D eigenvalue weighted by molar-refractivity contribution is -0.140. The van der Waals surface area contributed by atoms with E-state index in [0.29, 0.717) is 40.7 Å². The molecule has 0 N–H and O–H groups in total. The Morgan fingerprint density at radius 1 is 1.03 bits per heavy atom. The van der Waals surface area contributed by atoms with Crippen LogP contribution in [0.1, 0.15) is 44.3 Å². The van der Waals surface area contributed by atoms with E-state index in [-0.39, 0.29) is 11.9 Å². The molecule has 0 fully saturated rings. The van der Waals surface area contributed by atoms with Crippen LogP contribution in [0, 0.1) is 0 Å². The summed E-state index contributed by atoms with van der Waals surface area (Å²) in [4.78, 5) is 21.6. The third-order valence-electron chi connectivity index (χ3n) is 6.00. The van der Waals surface area contributed by atoms with Crippen LogP contribution in [0.2, 0.25) is 0 Å². The fraction of sp³-hybridized carbons (Fsp3) is 0.333. The van der Waals surface area contributed by atoms with E-state index in [1.165, 1.54) is 10.9 Å². The molecule has 5 rings (SSSR count). The highest BCUT2D eigenvalue weighted by Crippen LogP contribution is 2.33. The molecule has 0 aliphatic heterocycles. The number of nitrogens with zero attached hydrogens (tertiary/aromatic N) is 8. The van der Waals surface area contributed by atoms with Crippen LogP contribution in [0.4, 0.5) is 13.2 Å². The van der Waals surface area contributed by atoms with Gasteiger partial charge in [0.1, 0.15) is 23.7 Å². The lowest BCUT2D eigenvalue weighted by Gasteiger charge is -2.13. The van der Waals surface area contributed by atoms with Gasteiger partial charge in [-0.15, -0.1) is 0 Å². The predicted molar refractivity (Wildman–Crippen MR) is 139 cm³/mol. The van der Waals surface area contributed by atoms with E-state index < -0.39 is 11.9 Å². The van der Waals surface area contributed by atoms with Gasteiger partial charge in [0.2, 0.25) is 5.88 Å². The smallest absolute Gasteiger partial charge is 0.434 e. The van der Waals surface area contributed by atoms with Gasteiger partial charge >= 0.3 is 6.18 Å². The molecule has 12 heteroatoms. The van der Waals surface area contributed by atoms with Crippen LogP contribution in [0.15, 0.2) is 49.2 Å². The number of halogens is 3. The molecule has 1 aromatic carbocycles. The second-order valence-corrected chi connectivity index (χ2v) is 9.44. The van der Waals surface area contributed by atoms with E-state index in [1.807, 2.05) is 26.0 Å². The summed E-state index contributed by atoms with van der Waals surface area (Å²) in [5, 5.41) is 5.56. The minimum absolute atomic E-state index is 0.0952. The number of aryl methyl sites for hydroxylation is 2. The number of rotatable bonds is 8. The van der Waals surface area contributed by atoms with Crippen molar-refractivity contribution in [3.63, 3.8) is 0 Å². The van der Waals surface area contributed by atoms with Gasteiger partial charge in [0.05, 0.1) is 23.6 Å². The van der Waals surface area contributed by atoms with E-state index in [1.54, 1.807) is 36.3 Å². The molecule has 0 saturated carbocycles. The largest absolute Gasteiger partial charge is 0.474 e. The molecular weight excluding hydrogens is 509 g/mol. The third-order valence-corrected chi connectivity index (χ3v) is 6.00. The van der Waals surface area contributed by atoms with Gasteiger partial charge in [-0.2, -0.15) is 23.3 Å². The maximum absolute atomic E-state index is 13.1. The van der Waals surface area contributed by atoms with Crippen molar-refractivity contribution in [2.75, 3.05) is 0 Å². The second kappa shape index (κ2) is 10.4. The van der Waals surface area contributed by atoms with Gasteiger partial charge in [0, 0.05) is 37.6 Å². The molecule has 5 aromatic rings. The van der Waals surface area contributed by atoms with Gasteiger partial charge in [0.15, 0.2) is 11.3 Å². The normalized spacial score (nSPS) is 12.0. The molecule has 0 aliphatic rings. The lowest BCUT2D eigenvalue weighted by atomic mass is 10.1. The SMILES string of the molecule is CCCc1ncc(-c2nn(Cc3ccc(-c4nc(C(F)(F)F)cn4C)cc3)c3ncncc23)c(OC(C)C)n1. The number of hydrogen-bond donors (Lipinski definition) is 0. The van der Waals surface area contributed by atoms with E-state index in [2.05, 4.69) is 31.8 Å². The molecule has 0 spiro atoms. The number of aromatic nitrogens is 8. The maximum atomic E-state index is 13.1. The topological polar surface area (TPSA) is 96.4 Å². The summed E-state index contributed by atoms with van der Waals surface area (Å²) in [6.45, 7) is 6.31. The highest BCUT2D eigenvalue weighted by atomic mass is 19.4. The maximum Gasteiger partial charge on any atom is 0.434 e. The van der Waals surface area contributed by atoms with Crippen LogP contribution in [0.5, 0.6) is 5.88 Å². The van der Waals surface area contributed by atoms with Crippen molar-refractivity contribution in [2.24, 2.45) is 7.05 Å². The van der Waals surface area contributed by atoms with E-state index in [0.717, 1.165) is 30.0 Å². The zero-order valence-electron chi connectivity index (χ0n) is 21.9. The van der Waals surface area contributed by atoms with Crippen LogP contribution in [0.25, 0.3) is 33.7 Å². The molecular formula is C27H27F3N8O. The number of ether oxygens (including phenoxy) is 1. The minimum Gasteiger partial charge on any atom is -0.474 e. The van der Waals surface area contributed by atoms with Crippen LogP contribution < -0.4 is 4.74 Å². The summed E-state index contributed by atoms with van der Waals surface area (Å²) in [7, 11) is 1.54. The Hall–Kier alpha value is -4.35. The van der Waals surface area contributed by atoms with Crippen molar-refractivity contribution in [1.82, 2.24) is 39.3 Å². The molecule has 0 amide bonds. The van der Waals surface area contributed by atoms with Gasteiger partial charge in [-0.3, -0.25) is 0 Å². The number of hydrogen-bond acceptors (Lipinski definition) is 7. The summed E-state index contributed by atoms with van der Waals surface area (Å²) in [6, 6.07) is 7.16. The summed E-state index contributed by atoms with van der Waals surface area (Å²) in [6.07, 6.45) is 2.91. The quantitative estimate of drug-likeness (QED) is 0.259. The first kappa shape index (κ1) is 26.3. The summed E-state index contributed by atoms with van der Waals surface area (Å²) < 4.78 is 48.4. The minimum atomic E-state index is -4.50. The Labute approximate surface area is 222 Å². The van der Waals surface area contributed by atoms with Crippen molar-refractivity contribution in [3.8, 4) is 28.5 Å². The highest BCUT2D eigenvalue weighted by Gasteiger charge is 2.34. The van der Waals surface area contributed by atoms with Gasteiger partial charge in [-0.25, -0.2) is 24.6 Å². The summed E-state index contributed by atoms with van der Waals surface area (Å²) >= 11 is 0. The molecule has 0 radical (unpaired) electrons. The Bertz CT molecular complexity index is 1610. The molecule has 0 unspecified atom stereocenters. The number of fused-ring (bicyclic) bond motifs is 1. The zero-order valence-corrected chi connectivity index (χ0v) is 21.9. The van der Waals surface area contributed by atoms with Crippen LogP contribution >= 0.6 is 0 Å². The first-order chi connectivity index (χ1) is 18.6. The molecule has 0 bridgehead atoms. The molecule has 4 heterocycles. The fourth-order valence-corrected chi connectivity index (χ4v) is 4.25. The Morgan fingerprint density at radius 3 is 2.46 bits per heavy atom. The van der Waals surface area contributed by atoms with Gasteiger partial charge in [0.25, 0.3) is 0 Å². The fourth-order valence-electron chi connectivity index (χ4n) is 4.25. The first-order valence-electron chi connectivity index (χ1n) is 12.5. The van der Waals surface area contributed by atoms with Gasteiger partial charge in [-0.05, 0) is 25.8 Å². The van der Waals surface area contributed by atoms with Crippen molar-refractivity contribution < 1.29 is 17.9 Å². The van der Waals surface area contributed by atoms with Crippen molar-refractivity contribution >= 4 is 11.0 Å². The standard InChI is InChI=1S/C27H27F3N8O/c1-5-6-22-32-12-20(26(35-22)39-16(2)3)23-19-11-31-15-33-25(19)38(36-23)13-17-7-9-18(10-8-17)24-34-21(14-37(24)4)27(28,29)30/h7-12,14-16H,5-6,13H2,1-4H3. The Kier molecular flexibility index (Phi) is 7.02. The van der Waals surface area contributed by atoms with Crippen LogP contribution in [0.3, 0.4) is 0 Å². The molecule has 4 aromatic heterocycles. The predicted octanol–water partition coefficient (Wildman–Crippen LogP) is 5.49. The molecule has 202 valence electrons. The monoisotopic (exact) mass is 536 g/mol. The van der Waals surface area contributed by atoms with Gasteiger partial charge in [-0.1, -0.05) is 31.2 Å². The van der Waals surface area contributed by atoms with Crippen LogP contribution in [-0.4, -0.2) is 45.4 Å². The van der Waals surface area contributed by atoms with Gasteiger partial charge < -0.3 is 9.30 Å². The van der Waals surface area contributed by atoms with Crippen molar-refractivity contribution in [3.05, 3.63) is 66.3 Å². The average Bonchev–Trinajstić information content (AvgIpc) is 3.46. The number of alkyl halides is 3. The molecule has 0 aliphatic carbocycles. The number of imidazole rings is 1. The molecule has 0 saturated heterocycles. The zero-order chi connectivity index (χ0) is 27.7. The van der Waals surface area contributed by atoms with Crippen LogP contribution in [-0.2, 0) is 26.2 Å². The second-order valence-electron chi connectivity index (χ2n) is 9.44. The Morgan fingerprint density at radius 2 is 1.79 bits per heavy atom. The molecule has 0 atom stereocenters. The molecule has 39 heavy (non-hydrogen) atoms. The average molecular weight is 537 g/mol. The lowest BCUT2D eigenvalue weighted by Crippen LogP contribution is -2.10. The summed E-state index contributed by atoms with van der Waals surface area (Å²) in [5.74, 6) is 1.39. The Balaban J connectivity index is 1.49. The number of benzene rings is 1. The van der Waals surface area contributed by atoms with E-state index in [4.69, 9.17) is 9.84 Å². The highest BCUT2D eigenvalue weighted by molar-refractivity contribution is 5.91. The summed E-state index contributed by atoms with van der Waals surface area (Å²) in [5.41, 5.74) is 2.40. The van der Waals surface area contributed by atoms with E-state index in [9.17, 15) is 13.2 Å². The third kappa shape index (κ3) is 5.45. The van der Waals surface area contributed by atoms with Crippen molar-refractivity contribution in [2.45, 2.75) is 52.4 Å².